The van der Waals surface area contributed by atoms with Crippen molar-refractivity contribution >= 4 is 41.1 Å². The number of thiocarbonyl (C=S) groups is 1. The fourth-order valence-electron chi connectivity index (χ4n) is 3.09. The van der Waals surface area contributed by atoms with Gasteiger partial charge in [0.2, 0.25) is 0 Å². The summed E-state index contributed by atoms with van der Waals surface area (Å²) in [5.41, 5.74) is 0.346. The largest absolute Gasteiger partial charge is 0.456 e. The summed E-state index contributed by atoms with van der Waals surface area (Å²) in [6, 6.07) is 8.27. The highest BCUT2D eigenvalue weighted by atomic mass is 32.1. The summed E-state index contributed by atoms with van der Waals surface area (Å²) < 4.78 is 21.4. The molecule has 1 fully saturated rings. The highest BCUT2D eigenvalue weighted by Gasteiger charge is 2.51. The van der Waals surface area contributed by atoms with Gasteiger partial charge in [-0.25, -0.2) is 0 Å². The Morgan fingerprint density at radius 1 is 0.938 bits per heavy atom. The molecule has 3 N–H and O–H groups in total. The molecule has 0 aromatic heterocycles. The zero-order chi connectivity index (χ0) is 23.8. The number of hydrogen-bond donors (Lipinski definition) is 3. The van der Waals surface area contributed by atoms with Gasteiger partial charge in [0.25, 0.3) is 5.91 Å². The number of ether oxygens (including phenoxy) is 4. The van der Waals surface area contributed by atoms with Gasteiger partial charge in [0.05, 0.1) is 6.61 Å². The van der Waals surface area contributed by atoms with Crippen molar-refractivity contribution in [2.75, 3.05) is 6.61 Å². The first-order valence-electron chi connectivity index (χ1n) is 9.57. The van der Waals surface area contributed by atoms with Gasteiger partial charge < -0.3 is 29.4 Å². The fourth-order valence-corrected chi connectivity index (χ4v) is 3.30. The van der Waals surface area contributed by atoms with Gasteiger partial charge >= 0.3 is 17.9 Å². The van der Waals surface area contributed by atoms with Crippen LogP contribution in [0.25, 0.3) is 0 Å². The van der Waals surface area contributed by atoms with Crippen LogP contribution < -0.4 is 10.6 Å². The quantitative estimate of drug-likeness (QED) is 0.289. The summed E-state index contributed by atoms with van der Waals surface area (Å²) >= 11 is 5.16. The van der Waals surface area contributed by atoms with E-state index in [9.17, 15) is 24.3 Å². The second kappa shape index (κ2) is 11.5. The van der Waals surface area contributed by atoms with E-state index in [-0.39, 0.29) is 5.11 Å². The van der Waals surface area contributed by atoms with E-state index in [2.05, 4.69) is 10.6 Å². The van der Waals surface area contributed by atoms with Crippen LogP contribution in [0.1, 0.15) is 31.1 Å². The molecule has 0 bridgehead atoms. The zero-order valence-corrected chi connectivity index (χ0v) is 18.4. The second-order valence-electron chi connectivity index (χ2n) is 6.79. The summed E-state index contributed by atoms with van der Waals surface area (Å²) in [4.78, 5) is 47.3. The van der Waals surface area contributed by atoms with Crippen molar-refractivity contribution < 1.29 is 43.2 Å². The molecule has 1 aromatic rings. The summed E-state index contributed by atoms with van der Waals surface area (Å²) in [6.45, 7) is 2.74. The lowest BCUT2D eigenvalue weighted by atomic mass is 9.97. The summed E-state index contributed by atoms with van der Waals surface area (Å²) in [7, 11) is 0. The highest BCUT2D eigenvalue weighted by molar-refractivity contribution is 7.80. The Balaban J connectivity index is 2.26. The number of rotatable bonds is 6. The smallest absolute Gasteiger partial charge is 0.303 e. The van der Waals surface area contributed by atoms with Crippen molar-refractivity contribution in [3.8, 4) is 0 Å². The lowest BCUT2D eigenvalue weighted by molar-refractivity contribution is -0.253. The van der Waals surface area contributed by atoms with Gasteiger partial charge in [-0.05, 0) is 24.4 Å². The number of amides is 1. The molecule has 5 atom stereocenters. The van der Waals surface area contributed by atoms with Crippen molar-refractivity contribution in [3.63, 3.8) is 0 Å². The van der Waals surface area contributed by atoms with Crippen LogP contribution in [0, 0.1) is 0 Å². The van der Waals surface area contributed by atoms with Crippen LogP contribution in [0.2, 0.25) is 0 Å². The number of carbonyl (C=O) groups excluding carboxylic acids is 4. The molecule has 0 saturated carbocycles. The Kier molecular flexibility index (Phi) is 9.05. The molecule has 0 aliphatic carbocycles. The van der Waals surface area contributed by atoms with E-state index in [4.69, 9.17) is 31.2 Å². The van der Waals surface area contributed by atoms with Gasteiger partial charge in [0, 0.05) is 26.3 Å². The number of esters is 3. The predicted octanol–water partition coefficient (Wildman–Crippen LogP) is -0.197. The van der Waals surface area contributed by atoms with Gasteiger partial charge in [-0.1, -0.05) is 18.2 Å². The molecule has 1 heterocycles. The van der Waals surface area contributed by atoms with E-state index < -0.39 is 61.1 Å². The number of aliphatic hydroxyl groups excluding tert-OH is 1. The number of benzene rings is 1. The molecule has 1 aliphatic rings. The molecular formula is C20H24N2O9S. The highest BCUT2D eigenvalue weighted by Crippen LogP contribution is 2.27. The van der Waals surface area contributed by atoms with Crippen LogP contribution in [-0.2, 0) is 33.3 Å². The molecular weight excluding hydrogens is 444 g/mol. The maximum Gasteiger partial charge on any atom is 0.303 e. The van der Waals surface area contributed by atoms with E-state index in [1.807, 2.05) is 0 Å². The standard InChI is InChI=1S/C20H24N2O9S/c1-10(24)28-15-14(9-23)31-19(17(30-12(3)26)16(15)29-11(2)25)22-20(32)21-18(27)13-7-5-4-6-8-13/h4-8,14-17,19,23H,9H2,1-3H3,(H2,21,22,27,32)/t14-,15-,16+,17-,19-/m1/s1. The average molecular weight is 468 g/mol. The van der Waals surface area contributed by atoms with Crippen molar-refractivity contribution in [1.82, 2.24) is 10.6 Å². The molecule has 0 spiro atoms. The Morgan fingerprint density at radius 3 is 2.00 bits per heavy atom. The number of hydrogen-bond acceptors (Lipinski definition) is 10. The molecule has 11 nitrogen and oxygen atoms in total. The Morgan fingerprint density at radius 2 is 1.47 bits per heavy atom. The molecule has 1 aliphatic heterocycles. The summed E-state index contributed by atoms with van der Waals surface area (Å²) in [5.74, 6) is -2.73. The monoisotopic (exact) mass is 468 g/mol. The maximum atomic E-state index is 12.3. The van der Waals surface area contributed by atoms with Gasteiger partial charge in [-0.2, -0.15) is 0 Å². The van der Waals surface area contributed by atoms with Crippen LogP contribution in [-0.4, -0.2) is 71.3 Å². The van der Waals surface area contributed by atoms with Crippen LogP contribution in [0.4, 0.5) is 0 Å². The van der Waals surface area contributed by atoms with Gasteiger partial charge in [0.1, 0.15) is 6.10 Å². The molecule has 0 radical (unpaired) electrons. The first kappa shape index (κ1) is 25.2. The molecule has 12 heteroatoms. The normalized spacial score (nSPS) is 24.6. The molecule has 1 saturated heterocycles. The zero-order valence-electron chi connectivity index (χ0n) is 17.6. The maximum absolute atomic E-state index is 12.3. The number of aliphatic hydroxyl groups is 1. The fraction of sp³-hybridized carbons (Fsp3) is 0.450. The summed E-state index contributed by atoms with van der Waals surface area (Å²) in [6.07, 6.45) is -6.32. The molecule has 1 aromatic carbocycles. The third kappa shape index (κ3) is 6.97. The third-order valence-corrected chi connectivity index (χ3v) is 4.48. The minimum Gasteiger partial charge on any atom is -0.456 e. The van der Waals surface area contributed by atoms with E-state index in [0.29, 0.717) is 5.56 Å². The SMILES string of the molecule is CC(=O)O[C@@H]1[C@@H](OC(C)=O)[C@H](NC(=S)NC(=O)c2ccccc2)O[C@H](CO)[C@H]1OC(C)=O. The number of nitrogens with one attached hydrogen (secondary N) is 2. The molecule has 0 unspecified atom stereocenters. The van der Waals surface area contributed by atoms with Gasteiger partial charge in [-0.15, -0.1) is 0 Å². The predicted molar refractivity (Wildman–Crippen MR) is 112 cm³/mol. The Hall–Kier alpha value is -3.09. The minimum atomic E-state index is -1.32. The van der Waals surface area contributed by atoms with Gasteiger partial charge in [0.15, 0.2) is 29.7 Å². The third-order valence-electron chi connectivity index (χ3n) is 4.26. The Labute approximate surface area is 189 Å². The van der Waals surface area contributed by atoms with E-state index in [1.165, 1.54) is 0 Å². The van der Waals surface area contributed by atoms with Crippen LogP contribution in [0.5, 0.6) is 0 Å². The van der Waals surface area contributed by atoms with Crippen molar-refractivity contribution in [3.05, 3.63) is 35.9 Å². The Bertz CT molecular complexity index is 864. The number of carbonyl (C=O) groups is 4. The minimum absolute atomic E-state index is 0.176. The van der Waals surface area contributed by atoms with E-state index in [0.717, 1.165) is 20.8 Å². The lowest BCUT2D eigenvalue weighted by Gasteiger charge is -2.44. The average Bonchev–Trinajstić information content (AvgIpc) is 2.71. The first-order valence-corrected chi connectivity index (χ1v) is 9.98. The molecule has 174 valence electrons. The van der Waals surface area contributed by atoms with Crippen LogP contribution in [0.3, 0.4) is 0 Å². The van der Waals surface area contributed by atoms with Crippen molar-refractivity contribution in [1.29, 1.82) is 0 Å². The van der Waals surface area contributed by atoms with Crippen molar-refractivity contribution in [2.24, 2.45) is 0 Å². The first-order chi connectivity index (χ1) is 15.1. The van der Waals surface area contributed by atoms with Gasteiger partial charge in [-0.3, -0.25) is 24.5 Å². The van der Waals surface area contributed by atoms with E-state index in [1.54, 1.807) is 30.3 Å². The topological polar surface area (TPSA) is 149 Å². The summed E-state index contributed by atoms with van der Waals surface area (Å²) in [5, 5.41) is 14.7. The lowest BCUT2D eigenvalue weighted by Crippen LogP contribution is -2.66. The van der Waals surface area contributed by atoms with Crippen LogP contribution >= 0.6 is 12.2 Å². The second-order valence-corrected chi connectivity index (χ2v) is 7.20. The van der Waals surface area contributed by atoms with E-state index >= 15 is 0 Å². The van der Waals surface area contributed by atoms with Crippen LogP contribution in [0.15, 0.2) is 30.3 Å². The molecule has 1 amide bonds. The molecule has 32 heavy (non-hydrogen) atoms. The van der Waals surface area contributed by atoms with Crippen molar-refractivity contribution in [2.45, 2.75) is 51.4 Å². The molecule has 2 rings (SSSR count).